The average Bonchev–Trinajstić information content (AvgIpc) is 2.82. The summed E-state index contributed by atoms with van der Waals surface area (Å²) >= 11 is 0. The van der Waals surface area contributed by atoms with Crippen LogP contribution in [0.25, 0.3) is 0 Å². The van der Waals surface area contributed by atoms with Crippen LogP contribution in [0.5, 0.6) is 0 Å². The molecule has 128 valence electrons. The first-order chi connectivity index (χ1) is 10.5. The van der Waals surface area contributed by atoms with E-state index in [9.17, 15) is 36.2 Å². The van der Waals surface area contributed by atoms with Crippen molar-refractivity contribution in [2.24, 2.45) is 0 Å². The van der Waals surface area contributed by atoms with E-state index in [-0.39, 0.29) is 6.07 Å². The molecule has 0 radical (unpaired) electrons. The lowest BCUT2D eigenvalue weighted by molar-refractivity contribution is -0.143. The van der Waals surface area contributed by atoms with E-state index in [1.54, 1.807) is 0 Å². The second-order valence-corrected chi connectivity index (χ2v) is 5.37. The van der Waals surface area contributed by atoms with Crippen LogP contribution in [-0.4, -0.2) is 23.2 Å². The zero-order valence-electron chi connectivity index (χ0n) is 11.6. The number of halogens is 6. The maximum Gasteiger partial charge on any atom is 0.416 e. The highest BCUT2D eigenvalue weighted by atomic mass is 19.4. The van der Waals surface area contributed by atoms with Gasteiger partial charge in [-0.25, -0.2) is 0 Å². The van der Waals surface area contributed by atoms with Gasteiger partial charge in [0.1, 0.15) is 0 Å². The SMILES string of the molecule is O=C(N[C@H]1CCC[C@@H]1O)c1cc(C(F)(F)F)cc(C(F)(F)F)c1. The van der Waals surface area contributed by atoms with Gasteiger partial charge in [0.2, 0.25) is 0 Å². The Kier molecular flexibility index (Phi) is 4.61. The normalized spacial score (nSPS) is 22.2. The number of nitrogens with one attached hydrogen (secondary N) is 1. The van der Waals surface area contributed by atoms with Crippen molar-refractivity contribution < 1.29 is 36.2 Å². The van der Waals surface area contributed by atoms with Crippen molar-refractivity contribution in [2.45, 2.75) is 43.8 Å². The zero-order chi connectivity index (χ0) is 17.4. The number of alkyl halides is 6. The van der Waals surface area contributed by atoms with Gasteiger partial charge in [-0.1, -0.05) is 0 Å². The molecule has 0 bridgehead atoms. The summed E-state index contributed by atoms with van der Waals surface area (Å²) in [5.74, 6) is -1.08. The Morgan fingerprint density at radius 3 is 1.91 bits per heavy atom. The Balaban J connectivity index is 2.35. The van der Waals surface area contributed by atoms with Crippen LogP contribution in [0, 0.1) is 0 Å². The molecule has 3 nitrogen and oxygen atoms in total. The molecular formula is C14H13F6NO2. The minimum Gasteiger partial charge on any atom is -0.391 e. The Morgan fingerprint density at radius 1 is 1.00 bits per heavy atom. The first-order valence-electron chi connectivity index (χ1n) is 6.77. The van der Waals surface area contributed by atoms with E-state index in [4.69, 9.17) is 0 Å². The first kappa shape index (κ1) is 17.6. The minimum atomic E-state index is -5.01. The molecule has 0 aromatic heterocycles. The largest absolute Gasteiger partial charge is 0.416 e. The number of benzene rings is 1. The summed E-state index contributed by atoms with van der Waals surface area (Å²) in [4.78, 5) is 11.9. The van der Waals surface area contributed by atoms with Gasteiger partial charge in [0.25, 0.3) is 5.91 Å². The Labute approximate surface area is 127 Å². The van der Waals surface area contributed by atoms with Crippen molar-refractivity contribution in [3.05, 3.63) is 34.9 Å². The van der Waals surface area contributed by atoms with Crippen molar-refractivity contribution in [1.82, 2.24) is 5.32 Å². The molecule has 2 rings (SSSR count). The molecule has 1 aliphatic rings. The summed E-state index contributed by atoms with van der Waals surface area (Å²) in [5.41, 5.74) is -3.85. The van der Waals surface area contributed by atoms with Crippen LogP contribution in [0.3, 0.4) is 0 Å². The van der Waals surface area contributed by atoms with Gasteiger partial charge in [0, 0.05) is 5.56 Å². The number of rotatable bonds is 2. The molecule has 0 heterocycles. The Morgan fingerprint density at radius 2 is 1.52 bits per heavy atom. The van der Waals surface area contributed by atoms with E-state index < -0.39 is 47.1 Å². The van der Waals surface area contributed by atoms with Crippen LogP contribution in [0.15, 0.2) is 18.2 Å². The minimum absolute atomic E-state index is 0.0405. The van der Waals surface area contributed by atoms with Crippen LogP contribution >= 0.6 is 0 Å². The molecule has 23 heavy (non-hydrogen) atoms. The molecule has 0 saturated heterocycles. The maximum atomic E-state index is 12.7. The molecule has 9 heteroatoms. The summed E-state index contributed by atoms with van der Waals surface area (Å²) in [6.07, 6.45) is -9.43. The third kappa shape index (κ3) is 4.15. The van der Waals surface area contributed by atoms with Gasteiger partial charge < -0.3 is 10.4 Å². The molecule has 1 saturated carbocycles. The molecular weight excluding hydrogens is 328 g/mol. The summed E-state index contributed by atoms with van der Waals surface area (Å²) in [7, 11) is 0. The highest BCUT2D eigenvalue weighted by Gasteiger charge is 2.38. The molecule has 0 aliphatic heterocycles. The molecule has 2 N–H and O–H groups in total. The predicted molar refractivity (Wildman–Crippen MR) is 67.6 cm³/mol. The molecule has 1 aliphatic carbocycles. The van der Waals surface area contributed by atoms with Crippen molar-refractivity contribution in [2.75, 3.05) is 0 Å². The molecule has 0 unspecified atom stereocenters. The lowest BCUT2D eigenvalue weighted by atomic mass is 10.0. The number of aliphatic hydroxyl groups excluding tert-OH is 1. The summed E-state index contributed by atoms with van der Waals surface area (Å²) in [6, 6.07) is 0.0188. The van der Waals surface area contributed by atoms with Crippen LogP contribution in [0.4, 0.5) is 26.3 Å². The highest BCUT2D eigenvalue weighted by Crippen LogP contribution is 2.36. The van der Waals surface area contributed by atoms with Gasteiger partial charge in [0.05, 0.1) is 23.3 Å². The van der Waals surface area contributed by atoms with E-state index in [2.05, 4.69) is 5.32 Å². The maximum absolute atomic E-state index is 12.7. The number of aliphatic hydroxyl groups is 1. The quantitative estimate of drug-likeness (QED) is 0.811. The van der Waals surface area contributed by atoms with Gasteiger partial charge in [0.15, 0.2) is 0 Å². The van der Waals surface area contributed by atoms with Gasteiger partial charge in [-0.3, -0.25) is 4.79 Å². The van der Waals surface area contributed by atoms with Crippen LogP contribution in [0.1, 0.15) is 40.7 Å². The van der Waals surface area contributed by atoms with Crippen LogP contribution < -0.4 is 5.32 Å². The van der Waals surface area contributed by atoms with Gasteiger partial charge in [-0.2, -0.15) is 26.3 Å². The van der Waals surface area contributed by atoms with Gasteiger partial charge >= 0.3 is 12.4 Å². The molecule has 1 aromatic carbocycles. The fourth-order valence-electron chi connectivity index (χ4n) is 2.45. The van der Waals surface area contributed by atoms with Crippen molar-refractivity contribution in [1.29, 1.82) is 0 Å². The molecule has 0 spiro atoms. The third-order valence-electron chi connectivity index (χ3n) is 3.65. The van der Waals surface area contributed by atoms with Gasteiger partial charge in [-0.15, -0.1) is 0 Å². The zero-order valence-corrected chi connectivity index (χ0v) is 11.6. The third-order valence-corrected chi connectivity index (χ3v) is 3.65. The monoisotopic (exact) mass is 341 g/mol. The fraction of sp³-hybridized carbons (Fsp3) is 0.500. The summed E-state index contributed by atoms with van der Waals surface area (Å²) in [5, 5.41) is 11.9. The van der Waals surface area contributed by atoms with Crippen molar-refractivity contribution in [3.63, 3.8) is 0 Å². The predicted octanol–water partition coefficient (Wildman–Crippen LogP) is 3.37. The topological polar surface area (TPSA) is 49.3 Å². The Hall–Kier alpha value is -1.77. The second kappa shape index (κ2) is 6.03. The number of carbonyl (C=O) groups excluding carboxylic acids is 1. The molecule has 1 amide bonds. The van der Waals surface area contributed by atoms with E-state index in [0.29, 0.717) is 31.4 Å². The van der Waals surface area contributed by atoms with E-state index in [0.717, 1.165) is 0 Å². The average molecular weight is 341 g/mol. The Bertz CT molecular complexity index is 564. The van der Waals surface area contributed by atoms with E-state index in [1.807, 2.05) is 0 Å². The fourth-order valence-corrected chi connectivity index (χ4v) is 2.45. The number of hydrogen-bond acceptors (Lipinski definition) is 2. The standard InChI is InChI=1S/C14H13F6NO2/c15-13(16,17)8-4-7(5-9(6-8)14(18,19)20)12(23)21-10-2-1-3-11(10)22/h4-6,10-11,22H,1-3H2,(H,21,23)/t10-,11-/m0/s1. The number of hydrogen-bond donors (Lipinski definition) is 2. The van der Waals surface area contributed by atoms with Crippen molar-refractivity contribution >= 4 is 5.91 Å². The summed E-state index contributed by atoms with van der Waals surface area (Å²) in [6.45, 7) is 0. The van der Waals surface area contributed by atoms with E-state index in [1.165, 1.54) is 0 Å². The van der Waals surface area contributed by atoms with E-state index >= 15 is 0 Å². The van der Waals surface area contributed by atoms with Gasteiger partial charge in [-0.05, 0) is 37.5 Å². The second-order valence-electron chi connectivity index (χ2n) is 5.37. The first-order valence-corrected chi connectivity index (χ1v) is 6.77. The highest BCUT2D eigenvalue weighted by molar-refractivity contribution is 5.95. The summed E-state index contributed by atoms with van der Waals surface area (Å²) < 4.78 is 76.4. The van der Waals surface area contributed by atoms with Crippen LogP contribution in [0.2, 0.25) is 0 Å². The number of carbonyl (C=O) groups is 1. The molecule has 1 fully saturated rings. The molecule has 1 aromatic rings. The smallest absolute Gasteiger partial charge is 0.391 e. The van der Waals surface area contributed by atoms with Crippen molar-refractivity contribution in [3.8, 4) is 0 Å². The lowest BCUT2D eigenvalue weighted by Gasteiger charge is -2.18. The molecule has 2 atom stereocenters. The lowest BCUT2D eigenvalue weighted by Crippen LogP contribution is -2.40. The number of amides is 1. The van der Waals surface area contributed by atoms with Crippen LogP contribution in [-0.2, 0) is 12.4 Å².